The number of nitrogens with zero attached hydrogens (tertiary/aromatic N) is 2. The lowest BCUT2D eigenvalue weighted by Gasteiger charge is -1.97. The number of alkyl halides is 2. The highest BCUT2D eigenvalue weighted by Gasteiger charge is 2.21. The number of aromatic nitrogens is 2. The molecule has 0 amide bonds. The van der Waals surface area contributed by atoms with Gasteiger partial charge in [0.1, 0.15) is 12.2 Å². The number of rotatable bonds is 3. The minimum Gasteiger partial charge on any atom is -0.480 e. The van der Waals surface area contributed by atoms with E-state index in [1.807, 2.05) is 0 Å². The maximum Gasteiger partial charge on any atom is 0.325 e. The van der Waals surface area contributed by atoms with Crippen LogP contribution in [0.1, 0.15) is 17.8 Å². The smallest absolute Gasteiger partial charge is 0.325 e. The lowest BCUT2D eigenvalue weighted by molar-refractivity contribution is -0.137. The Balaban J connectivity index is 3.08. The van der Waals surface area contributed by atoms with E-state index < -0.39 is 24.6 Å². The number of carboxylic acid groups (broad SMARTS) is 1. The lowest BCUT2D eigenvalue weighted by Crippen LogP contribution is -2.11. The van der Waals surface area contributed by atoms with Crippen LogP contribution in [0.25, 0.3) is 0 Å². The SMILES string of the molecule is Cc1c(Cl)c(C(F)F)nn1CC(=O)O. The highest BCUT2D eigenvalue weighted by molar-refractivity contribution is 6.31. The highest BCUT2D eigenvalue weighted by atomic mass is 35.5. The maximum atomic E-state index is 12.3. The third-order valence-electron chi connectivity index (χ3n) is 1.65. The maximum absolute atomic E-state index is 12.3. The van der Waals surface area contributed by atoms with Gasteiger partial charge in [0.05, 0.1) is 10.7 Å². The fourth-order valence-electron chi connectivity index (χ4n) is 0.969. The molecule has 1 aromatic rings. The third-order valence-corrected chi connectivity index (χ3v) is 2.12. The van der Waals surface area contributed by atoms with Crippen LogP contribution < -0.4 is 0 Å². The second kappa shape index (κ2) is 3.91. The molecule has 14 heavy (non-hydrogen) atoms. The summed E-state index contributed by atoms with van der Waals surface area (Å²) in [6, 6.07) is 0. The lowest BCUT2D eigenvalue weighted by atomic mass is 10.4. The standard InChI is InChI=1S/C7H7ClF2N2O2/c1-3-5(8)6(7(9)10)11-12(3)2-4(13)14/h7H,2H2,1H3,(H,13,14). The van der Waals surface area contributed by atoms with E-state index in [-0.39, 0.29) is 10.7 Å². The van der Waals surface area contributed by atoms with Gasteiger partial charge in [-0.3, -0.25) is 9.48 Å². The molecule has 0 aromatic carbocycles. The number of carboxylic acids is 1. The molecule has 0 saturated carbocycles. The van der Waals surface area contributed by atoms with Gasteiger partial charge < -0.3 is 5.11 Å². The fraction of sp³-hybridized carbons (Fsp3) is 0.429. The summed E-state index contributed by atoms with van der Waals surface area (Å²) in [7, 11) is 0. The molecule has 0 aliphatic heterocycles. The zero-order valence-electron chi connectivity index (χ0n) is 7.17. The Hall–Kier alpha value is -1.17. The van der Waals surface area contributed by atoms with Crippen LogP contribution >= 0.6 is 11.6 Å². The summed E-state index contributed by atoms with van der Waals surface area (Å²) in [5, 5.41) is 11.7. The van der Waals surface area contributed by atoms with E-state index >= 15 is 0 Å². The molecule has 0 bridgehead atoms. The normalized spacial score (nSPS) is 10.9. The Morgan fingerprint density at radius 3 is 2.64 bits per heavy atom. The van der Waals surface area contributed by atoms with Crippen LogP contribution in [-0.4, -0.2) is 20.9 Å². The zero-order chi connectivity index (χ0) is 10.9. The Morgan fingerprint density at radius 2 is 2.29 bits per heavy atom. The van der Waals surface area contributed by atoms with Crippen LogP contribution in [0, 0.1) is 6.92 Å². The van der Waals surface area contributed by atoms with Crippen LogP contribution in [0.3, 0.4) is 0 Å². The van der Waals surface area contributed by atoms with Crippen LogP contribution in [0.2, 0.25) is 5.02 Å². The second-order valence-corrected chi connectivity index (χ2v) is 3.01. The van der Waals surface area contributed by atoms with E-state index in [9.17, 15) is 13.6 Å². The minimum atomic E-state index is -2.80. The van der Waals surface area contributed by atoms with Gasteiger partial charge in [0, 0.05) is 0 Å². The molecular formula is C7H7ClF2N2O2. The van der Waals surface area contributed by atoms with E-state index in [2.05, 4.69) is 5.10 Å². The summed E-state index contributed by atoms with van der Waals surface area (Å²) in [6.45, 7) is 0.961. The predicted octanol–water partition coefficient (Wildman–Crippen LogP) is 1.87. The van der Waals surface area contributed by atoms with E-state index in [4.69, 9.17) is 16.7 Å². The predicted molar refractivity (Wildman–Crippen MR) is 44.6 cm³/mol. The first-order valence-corrected chi connectivity index (χ1v) is 4.04. The van der Waals surface area contributed by atoms with Crippen LogP contribution in [0.15, 0.2) is 0 Å². The Bertz CT molecular complexity index is 365. The topological polar surface area (TPSA) is 55.1 Å². The van der Waals surface area contributed by atoms with Crippen molar-refractivity contribution in [3.05, 3.63) is 16.4 Å². The fourth-order valence-corrected chi connectivity index (χ4v) is 1.19. The Labute approximate surface area is 83.1 Å². The number of aliphatic carboxylic acids is 1. The Kier molecular flexibility index (Phi) is 3.05. The Morgan fingerprint density at radius 1 is 1.71 bits per heavy atom. The quantitative estimate of drug-likeness (QED) is 0.853. The molecule has 0 fully saturated rings. The number of carbonyl (C=O) groups is 1. The van der Waals surface area contributed by atoms with Gasteiger partial charge >= 0.3 is 5.97 Å². The van der Waals surface area contributed by atoms with Gasteiger partial charge in [-0.2, -0.15) is 5.10 Å². The summed E-state index contributed by atoms with van der Waals surface area (Å²) in [6.07, 6.45) is -2.80. The molecule has 0 aliphatic carbocycles. The molecule has 0 aliphatic rings. The molecule has 0 unspecified atom stereocenters. The molecule has 1 rings (SSSR count). The number of halogens is 3. The molecule has 1 heterocycles. The summed E-state index contributed by atoms with van der Waals surface area (Å²) in [5.74, 6) is -1.16. The van der Waals surface area contributed by atoms with E-state index in [1.165, 1.54) is 6.92 Å². The first kappa shape index (κ1) is 10.9. The van der Waals surface area contributed by atoms with E-state index in [1.54, 1.807) is 0 Å². The summed E-state index contributed by atoms with van der Waals surface area (Å²) >= 11 is 5.54. The van der Waals surface area contributed by atoms with Crippen molar-refractivity contribution in [1.82, 2.24) is 9.78 Å². The summed E-state index contributed by atoms with van der Waals surface area (Å²) in [5.41, 5.74) is -0.352. The molecule has 0 radical (unpaired) electrons. The van der Waals surface area contributed by atoms with Crippen LogP contribution in [0.4, 0.5) is 8.78 Å². The third kappa shape index (κ3) is 2.01. The van der Waals surface area contributed by atoms with Crippen molar-refractivity contribution in [2.45, 2.75) is 19.9 Å². The number of hydrogen-bond donors (Lipinski definition) is 1. The summed E-state index contributed by atoms with van der Waals surface area (Å²) in [4.78, 5) is 10.3. The average Bonchev–Trinajstić information content (AvgIpc) is 2.32. The largest absolute Gasteiger partial charge is 0.480 e. The molecule has 1 N–H and O–H groups in total. The zero-order valence-corrected chi connectivity index (χ0v) is 7.92. The van der Waals surface area contributed by atoms with Crippen molar-refractivity contribution in [3.8, 4) is 0 Å². The summed E-state index contributed by atoms with van der Waals surface area (Å²) < 4.78 is 25.4. The van der Waals surface area contributed by atoms with Gasteiger partial charge in [-0.1, -0.05) is 11.6 Å². The van der Waals surface area contributed by atoms with E-state index in [0.717, 1.165) is 4.68 Å². The molecule has 0 atom stereocenters. The van der Waals surface area contributed by atoms with Gasteiger partial charge in [0.15, 0.2) is 0 Å². The second-order valence-electron chi connectivity index (χ2n) is 2.64. The molecule has 0 saturated heterocycles. The van der Waals surface area contributed by atoms with Gasteiger partial charge in [-0.05, 0) is 6.92 Å². The molecule has 1 aromatic heterocycles. The van der Waals surface area contributed by atoms with Crippen molar-refractivity contribution >= 4 is 17.6 Å². The minimum absolute atomic E-state index is 0.179. The number of hydrogen-bond acceptors (Lipinski definition) is 2. The van der Waals surface area contributed by atoms with Gasteiger partial charge in [-0.15, -0.1) is 0 Å². The highest BCUT2D eigenvalue weighted by Crippen LogP contribution is 2.28. The molecule has 78 valence electrons. The van der Waals surface area contributed by atoms with Crippen LogP contribution in [0.5, 0.6) is 0 Å². The molecule has 7 heteroatoms. The van der Waals surface area contributed by atoms with Crippen molar-refractivity contribution in [1.29, 1.82) is 0 Å². The molecular weight excluding hydrogens is 218 g/mol. The first-order valence-electron chi connectivity index (χ1n) is 3.66. The van der Waals surface area contributed by atoms with Gasteiger partial charge in [0.2, 0.25) is 0 Å². The van der Waals surface area contributed by atoms with Crippen molar-refractivity contribution in [2.75, 3.05) is 0 Å². The van der Waals surface area contributed by atoms with Crippen molar-refractivity contribution < 1.29 is 18.7 Å². The molecule has 0 spiro atoms. The van der Waals surface area contributed by atoms with Crippen molar-refractivity contribution in [2.24, 2.45) is 0 Å². The first-order chi connectivity index (χ1) is 6.43. The molecule has 4 nitrogen and oxygen atoms in total. The average molecular weight is 225 g/mol. The monoisotopic (exact) mass is 224 g/mol. The van der Waals surface area contributed by atoms with Crippen LogP contribution in [-0.2, 0) is 11.3 Å². The van der Waals surface area contributed by atoms with Crippen molar-refractivity contribution in [3.63, 3.8) is 0 Å². The van der Waals surface area contributed by atoms with Gasteiger partial charge in [0.25, 0.3) is 6.43 Å². The van der Waals surface area contributed by atoms with Gasteiger partial charge in [-0.25, -0.2) is 8.78 Å². The van der Waals surface area contributed by atoms with E-state index in [0.29, 0.717) is 0 Å².